The molecule has 0 aliphatic heterocycles. The van der Waals surface area contributed by atoms with Crippen LogP contribution in [0.15, 0.2) is 78.9 Å². The molecule has 7 heteroatoms. The van der Waals surface area contributed by atoms with E-state index in [0.717, 1.165) is 0 Å². The number of benzene rings is 3. The zero-order valence-corrected chi connectivity index (χ0v) is 17.8. The number of amides is 1. The molecule has 0 saturated heterocycles. The molecule has 0 unspecified atom stereocenters. The summed E-state index contributed by atoms with van der Waals surface area (Å²) < 4.78 is 5.57. The van der Waals surface area contributed by atoms with Gasteiger partial charge in [-0.1, -0.05) is 78.9 Å². The van der Waals surface area contributed by atoms with Crippen molar-refractivity contribution in [1.82, 2.24) is 0 Å². The number of rotatable bonds is 8. The lowest BCUT2D eigenvalue weighted by Crippen LogP contribution is -2.30. The maximum atomic E-state index is 12.7. The highest BCUT2D eigenvalue weighted by atomic mass is 31.1. The first kappa shape index (κ1) is 24.6. The van der Waals surface area contributed by atoms with E-state index in [2.05, 4.69) is 24.3 Å². The lowest BCUT2D eigenvalue weighted by molar-refractivity contribution is 0.162. The molecule has 5 nitrogen and oxygen atoms in total. The summed E-state index contributed by atoms with van der Waals surface area (Å²) >= 11 is 0. The van der Waals surface area contributed by atoms with Crippen molar-refractivity contribution in [3.63, 3.8) is 0 Å². The van der Waals surface area contributed by atoms with E-state index in [-0.39, 0.29) is 28.2 Å². The zero-order valence-electron chi connectivity index (χ0n) is 16.9. The third kappa shape index (κ3) is 6.17. The first-order chi connectivity index (χ1) is 14.7. The summed E-state index contributed by atoms with van der Waals surface area (Å²) in [5, 5.41) is 21.7. The standard InChI is InChI=1S/C24H26NO4P.BH3/c1-25(23-19(17-26)9-8-10-20(23)18-27)24(28)29-15-16-30(21-11-4-2-5-12-21)22-13-6-3-7-14-22;/h2-14,26-27H,15-18H2,1H3;1H3. The summed E-state index contributed by atoms with van der Waals surface area (Å²) in [5.74, 6) is 0. The predicted molar refractivity (Wildman–Crippen MR) is 132 cm³/mol. The van der Waals surface area contributed by atoms with Crippen LogP contribution in [0.4, 0.5) is 10.5 Å². The second-order valence-electron chi connectivity index (χ2n) is 6.74. The molecule has 0 bridgehead atoms. The van der Waals surface area contributed by atoms with Crippen LogP contribution < -0.4 is 15.5 Å². The molecule has 0 aliphatic rings. The Hall–Kier alpha value is -2.66. The highest BCUT2D eigenvalue weighted by molar-refractivity contribution is 7.73. The van der Waals surface area contributed by atoms with Crippen LogP contribution in [0.1, 0.15) is 11.1 Å². The van der Waals surface area contributed by atoms with Crippen molar-refractivity contribution in [3.8, 4) is 0 Å². The average molecular weight is 437 g/mol. The van der Waals surface area contributed by atoms with E-state index < -0.39 is 14.0 Å². The maximum Gasteiger partial charge on any atom is 0.414 e. The van der Waals surface area contributed by atoms with E-state index in [4.69, 9.17) is 4.74 Å². The normalized spacial score (nSPS) is 10.5. The van der Waals surface area contributed by atoms with E-state index in [1.165, 1.54) is 15.5 Å². The Morgan fingerprint density at radius 1 is 0.839 bits per heavy atom. The van der Waals surface area contributed by atoms with Crippen LogP contribution in [-0.2, 0) is 18.0 Å². The molecule has 2 N–H and O–H groups in total. The van der Waals surface area contributed by atoms with Crippen LogP contribution >= 0.6 is 7.92 Å². The van der Waals surface area contributed by atoms with Gasteiger partial charge in [-0.25, -0.2) is 4.79 Å². The summed E-state index contributed by atoms with van der Waals surface area (Å²) in [6.45, 7) is -0.184. The summed E-state index contributed by atoms with van der Waals surface area (Å²) in [6.07, 6.45) is 0.193. The molecule has 0 spiro atoms. The van der Waals surface area contributed by atoms with Crippen molar-refractivity contribution in [2.45, 2.75) is 13.2 Å². The average Bonchev–Trinajstić information content (AvgIpc) is 2.81. The molecule has 3 aromatic carbocycles. The smallest absolute Gasteiger partial charge is 0.414 e. The predicted octanol–water partition coefficient (Wildman–Crippen LogP) is 2.19. The number of hydrogen-bond acceptors (Lipinski definition) is 4. The minimum Gasteiger partial charge on any atom is -0.449 e. The molecule has 0 saturated carbocycles. The summed E-state index contributed by atoms with van der Waals surface area (Å²) in [7, 11) is 0.941. The van der Waals surface area contributed by atoms with Gasteiger partial charge >= 0.3 is 6.09 Å². The van der Waals surface area contributed by atoms with Gasteiger partial charge in [-0.05, 0) is 18.5 Å². The number of carbonyl (C=O) groups is 1. The number of ether oxygens (including phenoxy) is 1. The Morgan fingerprint density at radius 3 is 1.77 bits per heavy atom. The minimum absolute atomic E-state index is 0. The van der Waals surface area contributed by atoms with E-state index in [1.54, 1.807) is 25.2 Å². The van der Waals surface area contributed by atoms with Crippen LogP contribution in [0.25, 0.3) is 0 Å². The molecular weight excluding hydrogens is 408 g/mol. The Morgan fingerprint density at radius 2 is 1.32 bits per heavy atom. The fraction of sp³-hybridized carbons (Fsp3) is 0.208. The molecule has 0 aliphatic carbocycles. The highest BCUT2D eigenvalue weighted by Gasteiger charge is 2.20. The Balaban J connectivity index is 0.00000341. The Labute approximate surface area is 186 Å². The van der Waals surface area contributed by atoms with Gasteiger partial charge in [0.25, 0.3) is 0 Å². The lowest BCUT2D eigenvalue weighted by atomic mass is 10.1. The number of nitrogens with zero attached hydrogens (tertiary/aromatic N) is 1. The molecule has 0 radical (unpaired) electrons. The second-order valence-corrected chi connectivity index (χ2v) is 9.07. The molecule has 0 heterocycles. The topological polar surface area (TPSA) is 70.0 Å². The molecule has 3 aromatic rings. The lowest BCUT2D eigenvalue weighted by Gasteiger charge is -2.23. The quantitative estimate of drug-likeness (QED) is 0.419. The van der Waals surface area contributed by atoms with Gasteiger partial charge in [-0.15, -0.1) is 0 Å². The number of carbonyl (C=O) groups excluding carboxylic acids is 1. The molecule has 1 amide bonds. The molecular formula is C24H29BNO4P. The van der Waals surface area contributed by atoms with Crippen molar-refractivity contribution < 1.29 is 19.7 Å². The molecule has 0 aromatic heterocycles. The van der Waals surface area contributed by atoms with Crippen molar-refractivity contribution >= 4 is 38.7 Å². The molecule has 162 valence electrons. The zero-order chi connectivity index (χ0) is 21.3. The van der Waals surface area contributed by atoms with E-state index in [1.807, 2.05) is 36.4 Å². The number of para-hydroxylation sites is 1. The van der Waals surface area contributed by atoms with Gasteiger partial charge in [0.1, 0.15) is 0 Å². The monoisotopic (exact) mass is 437 g/mol. The number of aliphatic hydroxyl groups excluding tert-OH is 2. The molecule has 0 fully saturated rings. The minimum atomic E-state index is -0.649. The Kier molecular flexibility index (Phi) is 9.73. The molecule has 0 atom stereocenters. The van der Waals surface area contributed by atoms with Crippen LogP contribution in [0.3, 0.4) is 0 Å². The third-order valence-electron chi connectivity index (χ3n) is 4.83. The van der Waals surface area contributed by atoms with Crippen molar-refractivity contribution in [2.24, 2.45) is 0 Å². The van der Waals surface area contributed by atoms with Crippen molar-refractivity contribution in [2.75, 3.05) is 24.7 Å². The van der Waals surface area contributed by atoms with E-state index in [9.17, 15) is 15.0 Å². The van der Waals surface area contributed by atoms with Crippen molar-refractivity contribution in [3.05, 3.63) is 90.0 Å². The van der Waals surface area contributed by atoms with Gasteiger partial charge in [0.2, 0.25) is 0 Å². The summed E-state index contributed by atoms with van der Waals surface area (Å²) in [5.41, 5.74) is 1.62. The molecule has 31 heavy (non-hydrogen) atoms. The van der Waals surface area contributed by atoms with Crippen LogP contribution in [0.5, 0.6) is 0 Å². The van der Waals surface area contributed by atoms with Crippen LogP contribution in [-0.4, -0.2) is 44.5 Å². The Bertz CT molecular complexity index is 895. The third-order valence-corrected chi connectivity index (χ3v) is 7.30. The fourth-order valence-electron chi connectivity index (χ4n) is 3.37. The van der Waals surface area contributed by atoms with Gasteiger partial charge < -0.3 is 14.9 Å². The summed E-state index contributed by atoms with van der Waals surface area (Å²) in [4.78, 5) is 14.0. The highest BCUT2D eigenvalue weighted by Crippen LogP contribution is 2.33. The first-order valence-corrected chi connectivity index (χ1v) is 11.3. The SMILES string of the molecule is B.CN(C(=O)OCCP(c1ccccc1)c1ccccc1)c1c(CO)cccc1CO. The first-order valence-electron chi connectivity index (χ1n) is 9.76. The number of aliphatic hydroxyl groups is 2. The van der Waals surface area contributed by atoms with Crippen molar-refractivity contribution in [1.29, 1.82) is 0 Å². The largest absolute Gasteiger partial charge is 0.449 e. The van der Waals surface area contributed by atoms with Gasteiger partial charge in [0.15, 0.2) is 0 Å². The second kappa shape index (κ2) is 12.3. The van der Waals surface area contributed by atoms with E-state index >= 15 is 0 Å². The van der Waals surface area contributed by atoms with E-state index in [0.29, 0.717) is 23.0 Å². The van der Waals surface area contributed by atoms with Gasteiger partial charge in [-0.3, -0.25) is 4.90 Å². The van der Waals surface area contributed by atoms with Crippen LogP contribution in [0, 0.1) is 0 Å². The maximum absolute atomic E-state index is 12.7. The number of hydrogen-bond donors (Lipinski definition) is 2. The molecule has 3 rings (SSSR count). The fourth-order valence-corrected chi connectivity index (χ4v) is 5.52. The number of anilines is 1. The summed E-state index contributed by atoms with van der Waals surface area (Å²) in [6, 6.07) is 25.7. The van der Waals surface area contributed by atoms with Gasteiger partial charge in [0.05, 0.1) is 33.9 Å². The van der Waals surface area contributed by atoms with Crippen LogP contribution in [0.2, 0.25) is 0 Å². The van der Waals surface area contributed by atoms with Gasteiger partial charge in [0, 0.05) is 24.3 Å². The van der Waals surface area contributed by atoms with Gasteiger partial charge in [-0.2, -0.15) is 0 Å².